The van der Waals surface area contributed by atoms with Gasteiger partial charge in [0.2, 0.25) is 16.1 Å². The molecule has 0 aromatic carbocycles. The van der Waals surface area contributed by atoms with Gasteiger partial charge in [0, 0.05) is 11.5 Å². The number of carbonyl (C=O) groups is 2. The van der Waals surface area contributed by atoms with Gasteiger partial charge >= 0.3 is 12.1 Å². The summed E-state index contributed by atoms with van der Waals surface area (Å²) in [6.45, 7) is 3.71. The van der Waals surface area contributed by atoms with Gasteiger partial charge in [-0.05, 0) is 13.8 Å². The lowest BCUT2D eigenvalue weighted by atomic mass is 10.4. The number of aromatic nitrogens is 5. The first kappa shape index (κ1) is 14.0. The molecule has 0 aliphatic carbocycles. The van der Waals surface area contributed by atoms with Gasteiger partial charge in [-0.25, -0.2) is 9.59 Å². The van der Waals surface area contributed by atoms with E-state index in [0.717, 1.165) is 16.0 Å². The van der Waals surface area contributed by atoms with Crippen molar-refractivity contribution in [3.8, 4) is 0 Å². The fourth-order valence-corrected chi connectivity index (χ4v) is 1.77. The van der Waals surface area contributed by atoms with E-state index >= 15 is 0 Å². The molecule has 11 heteroatoms. The van der Waals surface area contributed by atoms with Gasteiger partial charge in [0.15, 0.2) is 0 Å². The second kappa shape index (κ2) is 6.14. The normalized spacial score (nSPS) is 11.6. The van der Waals surface area contributed by atoms with E-state index in [2.05, 4.69) is 29.6 Å². The highest BCUT2D eigenvalue weighted by Crippen LogP contribution is 2.03. The number of esters is 1. The van der Waals surface area contributed by atoms with Crippen LogP contribution >= 0.6 is 11.5 Å². The summed E-state index contributed by atoms with van der Waals surface area (Å²) in [6, 6.07) is 0. The van der Waals surface area contributed by atoms with Crippen LogP contribution in [-0.4, -0.2) is 49.7 Å². The minimum atomic E-state index is -0.786. The largest absolute Gasteiger partial charge is 0.461 e. The van der Waals surface area contributed by atoms with E-state index in [4.69, 9.17) is 4.74 Å². The van der Waals surface area contributed by atoms with Crippen LogP contribution in [0.1, 0.15) is 24.3 Å². The highest BCUT2D eigenvalue weighted by Gasteiger charge is 2.18. The molecule has 1 amide bonds. The summed E-state index contributed by atoms with van der Waals surface area (Å²) in [6.07, 6.45) is -0.786. The van der Waals surface area contributed by atoms with E-state index in [1.807, 2.05) is 0 Å². The van der Waals surface area contributed by atoms with Gasteiger partial charge < -0.3 is 9.47 Å². The van der Waals surface area contributed by atoms with Crippen LogP contribution in [0.5, 0.6) is 0 Å². The Kier molecular flexibility index (Phi) is 4.30. The van der Waals surface area contributed by atoms with Gasteiger partial charge in [-0.1, -0.05) is 9.70 Å². The first-order valence-corrected chi connectivity index (χ1v) is 6.41. The summed E-state index contributed by atoms with van der Waals surface area (Å²) in [7, 11) is 0. The van der Waals surface area contributed by atoms with Crippen LogP contribution in [0, 0.1) is 0 Å². The van der Waals surface area contributed by atoms with Crippen LogP contribution in [-0.2, 0) is 9.47 Å². The third-order valence-electron chi connectivity index (χ3n) is 2.01. The van der Waals surface area contributed by atoms with Gasteiger partial charge in [-0.3, -0.25) is 0 Å². The van der Waals surface area contributed by atoms with E-state index < -0.39 is 12.1 Å². The van der Waals surface area contributed by atoms with Crippen LogP contribution in [0.2, 0.25) is 0 Å². The van der Waals surface area contributed by atoms with E-state index in [1.54, 1.807) is 13.8 Å². The van der Waals surface area contributed by atoms with Crippen LogP contribution in [0.3, 0.4) is 0 Å². The van der Waals surface area contributed by atoms with Gasteiger partial charge in [0.25, 0.3) is 0 Å². The van der Waals surface area contributed by atoms with Crippen LogP contribution in [0.15, 0.2) is 4.99 Å². The molecule has 106 valence electrons. The highest BCUT2D eigenvalue weighted by molar-refractivity contribution is 7.02. The molecule has 0 N–H and O–H groups in total. The maximum absolute atomic E-state index is 11.6. The molecule has 2 rings (SSSR count). The van der Waals surface area contributed by atoms with E-state index in [9.17, 15) is 9.59 Å². The third-order valence-corrected chi connectivity index (χ3v) is 2.60. The predicted molar refractivity (Wildman–Crippen MR) is 65.0 cm³/mol. The Bertz CT molecular complexity index is 708. The summed E-state index contributed by atoms with van der Waals surface area (Å²) < 4.78 is 14.3. The van der Waals surface area contributed by atoms with Crippen LogP contribution < -0.4 is 4.80 Å². The summed E-state index contributed by atoms with van der Waals surface area (Å²) in [5.74, 6) is -0.671. The molecule has 0 aliphatic rings. The number of amides is 1. The molecule has 0 bridgehead atoms. The zero-order valence-corrected chi connectivity index (χ0v) is 11.5. The van der Waals surface area contributed by atoms with E-state index in [1.165, 1.54) is 0 Å². The first-order valence-electron chi connectivity index (χ1n) is 5.64. The summed E-state index contributed by atoms with van der Waals surface area (Å²) >= 11 is 0.814. The molecule has 0 saturated heterocycles. The Morgan fingerprint density at radius 1 is 1.25 bits per heavy atom. The number of nitrogens with zero attached hydrogens (tertiary/aromatic N) is 6. The minimum Gasteiger partial charge on any atom is -0.461 e. The quantitative estimate of drug-likeness (QED) is 0.715. The van der Waals surface area contributed by atoms with Crippen LogP contribution in [0.25, 0.3) is 5.65 Å². The van der Waals surface area contributed by atoms with Crippen molar-refractivity contribution < 1.29 is 19.1 Å². The molecule has 2 aromatic heterocycles. The summed E-state index contributed by atoms with van der Waals surface area (Å²) in [5, 5.41) is 11.1. The average molecular weight is 298 g/mol. The second-order valence-electron chi connectivity index (χ2n) is 3.26. The van der Waals surface area contributed by atoms with Crippen molar-refractivity contribution in [2.75, 3.05) is 13.2 Å². The molecule has 0 unspecified atom stereocenters. The van der Waals surface area contributed by atoms with E-state index in [-0.39, 0.29) is 29.4 Å². The van der Waals surface area contributed by atoms with Crippen molar-refractivity contribution in [2.24, 2.45) is 4.99 Å². The zero-order valence-electron chi connectivity index (χ0n) is 10.6. The first-order chi connectivity index (χ1) is 9.67. The molecule has 0 fully saturated rings. The fraction of sp³-hybridized carbons (Fsp3) is 0.444. The molecule has 10 nitrogen and oxygen atoms in total. The topological polar surface area (TPSA) is 121 Å². The molecule has 0 radical (unpaired) electrons. The molecule has 0 spiro atoms. The molecular formula is C9H10N6O4S. The average Bonchev–Trinajstić information content (AvgIpc) is 2.84. The molecule has 2 aromatic rings. The Morgan fingerprint density at radius 2 is 2.00 bits per heavy atom. The SMILES string of the molecule is CCOC(=O)/N=c1\snnc2c(C(=O)OCC)nnn12. The minimum absolute atomic E-state index is 0.0604. The lowest BCUT2D eigenvalue weighted by Crippen LogP contribution is -2.17. The van der Waals surface area contributed by atoms with Crippen LogP contribution in [0.4, 0.5) is 4.79 Å². The molecule has 0 atom stereocenters. The van der Waals surface area contributed by atoms with Crippen molar-refractivity contribution in [1.82, 2.24) is 24.4 Å². The molecule has 0 saturated carbocycles. The Hall–Kier alpha value is -2.43. The number of carbonyl (C=O) groups excluding carboxylic acids is 2. The molecule has 20 heavy (non-hydrogen) atoms. The maximum atomic E-state index is 11.6. The second-order valence-corrected chi connectivity index (χ2v) is 3.97. The number of ether oxygens (including phenoxy) is 2. The lowest BCUT2D eigenvalue weighted by molar-refractivity contribution is 0.0521. The van der Waals surface area contributed by atoms with E-state index in [0.29, 0.717) is 0 Å². The Labute approximate surface area is 116 Å². The highest BCUT2D eigenvalue weighted by atomic mass is 32.1. The van der Waals surface area contributed by atoms with Crippen molar-refractivity contribution in [1.29, 1.82) is 0 Å². The van der Waals surface area contributed by atoms with Crippen molar-refractivity contribution in [3.63, 3.8) is 0 Å². The fourth-order valence-electron chi connectivity index (χ4n) is 1.26. The number of rotatable bonds is 3. The summed E-state index contributed by atoms with van der Waals surface area (Å²) in [4.78, 5) is 26.7. The number of hydrogen-bond donors (Lipinski definition) is 0. The maximum Gasteiger partial charge on any atom is 0.436 e. The zero-order chi connectivity index (χ0) is 14.5. The van der Waals surface area contributed by atoms with Gasteiger partial charge in [-0.15, -0.1) is 15.2 Å². The molecule has 0 aliphatic heterocycles. The molecule has 2 heterocycles. The smallest absolute Gasteiger partial charge is 0.436 e. The van der Waals surface area contributed by atoms with Gasteiger partial charge in [0.05, 0.1) is 13.2 Å². The van der Waals surface area contributed by atoms with Gasteiger partial charge in [-0.2, -0.15) is 4.52 Å². The number of hydrogen-bond acceptors (Lipinski definition) is 9. The van der Waals surface area contributed by atoms with Crippen molar-refractivity contribution >= 4 is 29.2 Å². The third kappa shape index (κ3) is 2.77. The predicted octanol–water partition coefficient (Wildman–Crippen LogP) is -0.185. The van der Waals surface area contributed by atoms with Crippen molar-refractivity contribution in [2.45, 2.75) is 13.8 Å². The summed E-state index contributed by atoms with van der Waals surface area (Å²) in [5.41, 5.74) is -0.0299. The Balaban J connectivity index is 2.50. The van der Waals surface area contributed by atoms with Crippen molar-refractivity contribution in [3.05, 3.63) is 10.5 Å². The standard InChI is InChI=1S/C9H10N6O4S/c1-3-18-7(16)5-6-12-14-20-8(15(6)13-11-5)10-9(17)19-4-2/h3-4H2,1-2H3/b10-8-. The monoisotopic (exact) mass is 298 g/mol. The molecular weight excluding hydrogens is 288 g/mol. The lowest BCUT2D eigenvalue weighted by Gasteiger charge is -1.96. The number of fused-ring (bicyclic) bond motifs is 1. The van der Waals surface area contributed by atoms with Gasteiger partial charge in [0.1, 0.15) is 0 Å². The Morgan fingerprint density at radius 3 is 2.70 bits per heavy atom.